The number of fused-ring (bicyclic) bond motifs is 1. The second-order valence-corrected chi connectivity index (χ2v) is 7.84. The number of hydrogen-bond donors (Lipinski definition) is 1. The summed E-state index contributed by atoms with van der Waals surface area (Å²) in [5, 5.41) is 3.62. The molecule has 1 aliphatic rings. The van der Waals surface area contributed by atoms with E-state index in [1.807, 2.05) is 0 Å². The maximum atomic E-state index is 13.2. The fourth-order valence-electron chi connectivity index (χ4n) is 3.95. The summed E-state index contributed by atoms with van der Waals surface area (Å²) in [7, 11) is 2.99. The zero-order chi connectivity index (χ0) is 23.6. The summed E-state index contributed by atoms with van der Waals surface area (Å²) in [6, 6.07) is 9.82. The first kappa shape index (κ1) is 22.7. The van der Waals surface area contributed by atoms with E-state index in [4.69, 9.17) is 9.47 Å². The van der Waals surface area contributed by atoms with Gasteiger partial charge in [0.1, 0.15) is 5.69 Å². The number of alkyl halides is 3. The molecule has 0 unspecified atom stereocenters. The number of pyridine rings is 1. The first-order valence-corrected chi connectivity index (χ1v) is 10.6. The van der Waals surface area contributed by atoms with Gasteiger partial charge in [-0.3, -0.25) is 4.79 Å². The molecule has 0 bridgehead atoms. The molecule has 1 N–H and O–H groups in total. The molecule has 174 valence electrons. The highest BCUT2D eigenvalue weighted by Gasteiger charge is 2.30. The SMILES string of the molecule is COc1cc2nc(C(=O)N3CCCCC3)cc(Nc3cccc(C(F)(F)F)c3)c2cc1OC. The second kappa shape index (κ2) is 9.17. The number of halogens is 3. The van der Waals surface area contributed by atoms with E-state index in [0.29, 0.717) is 41.2 Å². The van der Waals surface area contributed by atoms with Gasteiger partial charge in [-0.05, 0) is 49.6 Å². The van der Waals surface area contributed by atoms with Crippen LogP contribution in [-0.2, 0) is 6.18 Å². The summed E-state index contributed by atoms with van der Waals surface area (Å²) in [5.74, 6) is 0.664. The quantitative estimate of drug-likeness (QED) is 0.535. The monoisotopic (exact) mass is 459 g/mol. The summed E-state index contributed by atoms with van der Waals surface area (Å²) >= 11 is 0. The van der Waals surface area contributed by atoms with Crippen molar-refractivity contribution < 1.29 is 27.4 Å². The van der Waals surface area contributed by atoms with Crippen LogP contribution in [0.15, 0.2) is 42.5 Å². The topological polar surface area (TPSA) is 63.7 Å². The van der Waals surface area contributed by atoms with Crippen LogP contribution >= 0.6 is 0 Å². The second-order valence-electron chi connectivity index (χ2n) is 7.84. The van der Waals surface area contributed by atoms with E-state index in [2.05, 4.69) is 10.3 Å². The van der Waals surface area contributed by atoms with E-state index >= 15 is 0 Å². The number of aromatic nitrogens is 1. The zero-order valence-corrected chi connectivity index (χ0v) is 18.3. The molecular weight excluding hydrogens is 435 g/mol. The molecule has 2 aromatic carbocycles. The Bertz CT molecular complexity index is 1170. The van der Waals surface area contributed by atoms with Crippen molar-refractivity contribution in [3.8, 4) is 11.5 Å². The van der Waals surface area contributed by atoms with Crippen LogP contribution in [0, 0.1) is 0 Å². The molecule has 1 aromatic heterocycles. The van der Waals surface area contributed by atoms with Crippen molar-refractivity contribution in [1.82, 2.24) is 9.88 Å². The Hall–Kier alpha value is -3.49. The van der Waals surface area contributed by atoms with Gasteiger partial charge >= 0.3 is 6.18 Å². The number of piperidine rings is 1. The first-order valence-electron chi connectivity index (χ1n) is 10.6. The third-order valence-corrected chi connectivity index (χ3v) is 5.65. The molecule has 1 saturated heterocycles. The number of rotatable bonds is 5. The molecule has 0 radical (unpaired) electrons. The molecule has 1 fully saturated rings. The number of anilines is 2. The number of hydrogen-bond acceptors (Lipinski definition) is 5. The van der Waals surface area contributed by atoms with E-state index in [1.54, 1.807) is 23.1 Å². The van der Waals surface area contributed by atoms with Gasteiger partial charge in [0.25, 0.3) is 5.91 Å². The maximum Gasteiger partial charge on any atom is 0.416 e. The highest BCUT2D eigenvalue weighted by atomic mass is 19.4. The smallest absolute Gasteiger partial charge is 0.416 e. The number of carbonyl (C=O) groups is 1. The zero-order valence-electron chi connectivity index (χ0n) is 18.3. The predicted molar refractivity (Wildman–Crippen MR) is 119 cm³/mol. The Morgan fingerprint density at radius 3 is 2.36 bits per heavy atom. The number of benzene rings is 2. The van der Waals surface area contributed by atoms with Gasteiger partial charge in [-0.2, -0.15) is 13.2 Å². The van der Waals surface area contributed by atoms with Crippen LogP contribution in [0.4, 0.5) is 24.5 Å². The molecule has 4 rings (SSSR count). The molecular formula is C24H24F3N3O3. The largest absolute Gasteiger partial charge is 0.493 e. The number of ether oxygens (including phenoxy) is 2. The minimum atomic E-state index is -4.47. The lowest BCUT2D eigenvalue weighted by Crippen LogP contribution is -2.36. The van der Waals surface area contributed by atoms with Gasteiger partial charge in [0.05, 0.1) is 31.0 Å². The van der Waals surface area contributed by atoms with Crippen molar-refractivity contribution in [2.45, 2.75) is 25.4 Å². The average Bonchev–Trinajstić information content (AvgIpc) is 2.82. The van der Waals surface area contributed by atoms with Crippen molar-refractivity contribution in [1.29, 1.82) is 0 Å². The minimum absolute atomic E-state index is 0.210. The first-order chi connectivity index (χ1) is 15.8. The summed E-state index contributed by atoms with van der Waals surface area (Å²) in [4.78, 5) is 19.4. The van der Waals surface area contributed by atoms with E-state index in [1.165, 1.54) is 26.4 Å². The Balaban J connectivity index is 1.82. The Morgan fingerprint density at radius 2 is 1.70 bits per heavy atom. The summed E-state index contributed by atoms with van der Waals surface area (Å²) in [6.07, 6.45) is -1.53. The van der Waals surface area contributed by atoms with Crippen LogP contribution in [0.3, 0.4) is 0 Å². The van der Waals surface area contributed by atoms with Gasteiger partial charge in [-0.1, -0.05) is 6.07 Å². The summed E-state index contributed by atoms with van der Waals surface area (Å²) in [6.45, 7) is 1.31. The lowest BCUT2D eigenvalue weighted by atomic mass is 10.1. The van der Waals surface area contributed by atoms with Crippen molar-refractivity contribution in [2.24, 2.45) is 0 Å². The van der Waals surface area contributed by atoms with Gasteiger partial charge in [0, 0.05) is 30.2 Å². The molecule has 0 saturated carbocycles. The Kier molecular flexibility index (Phi) is 6.31. The molecule has 0 spiro atoms. The number of amides is 1. The number of methoxy groups -OCH3 is 2. The van der Waals surface area contributed by atoms with Crippen molar-refractivity contribution >= 4 is 28.2 Å². The van der Waals surface area contributed by atoms with Crippen molar-refractivity contribution in [3.05, 3.63) is 53.7 Å². The fourth-order valence-corrected chi connectivity index (χ4v) is 3.95. The number of nitrogens with one attached hydrogen (secondary N) is 1. The number of likely N-dealkylation sites (tertiary alicyclic amines) is 1. The fraction of sp³-hybridized carbons (Fsp3) is 0.333. The van der Waals surface area contributed by atoms with Crippen LogP contribution in [0.2, 0.25) is 0 Å². The van der Waals surface area contributed by atoms with Crippen LogP contribution in [0.1, 0.15) is 35.3 Å². The van der Waals surface area contributed by atoms with E-state index in [-0.39, 0.29) is 17.3 Å². The molecule has 33 heavy (non-hydrogen) atoms. The Labute approximate surface area is 189 Å². The lowest BCUT2D eigenvalue weighted by Gasteiger charge is -2.26. The summed E-state index contributed by atoms with van der Waals surface area (Å²) < 4.78 is 50.3. The van der Waals surface area contributed by atoms with Gasteiger partial charge in [0.15, 0.2) is 11.5 Å². The molecule has 3 aromatic rings. The minimum Gasteiger partial charge on any atom is -0.493 e. The predicted octanol–water partition coefficient (Wildman–Crippen LogP) is 5.64. The van der Waals surface area contributed by atoms with Crippen LogP contribution in [0.5, 0.6) is 11.5 Å². The maximum absolute atomic E-state index is 13.2. The molecule has 2 heterocycles. The van der Waals surface area contributed by atoms with Crippen LogP contribution in [-0.4, -0.2) is 43.1 Å². The van der Waals surface area contributed by atoms with Crippen molar-refractivity contribution in [2.75, 3.05) is 32.6 Å². The normalized spacial score (nSPS) is 14.3. The highest BCUT2D eigenvalue weighted by Crippen LogP contribution is 2.37. The summed E-state index contributed by atoms with van der Waals surface area (Å²) in [5.41, 5.74) is 0.593. The molecule has 1 amide bonds. The van der Waals surface area contributed by atoms with Gasteiger partial charge in [0.2, 0.25) is 0 Å². The molecule has 1 aliphatic heterocycles. The standard InChI is InChI=1S/C24H24F3N3O3/c1-32-21-12-17-18(28-16-8-6-7-15(11-16)24(25,26)27)13-20(29-19(17)14-22(21)33-2)23(31)30-9-4-3-5-10-30/h6-8,11-14H,3-5,9-10H2,1-2H3,(H,28,29). The van der Waals surface area contributed by atoms with Gasteiger partial charge in [-0.15, -0.1) is 0 Å². The third kappa shape index (κ3) is 4.81. The number of carbonyl (C=O) groups excluding carboxylic acids is 1. The third-order valence-electron chi connectivity index (χ3n) is 5.65. The molecule has 0 aliphatic carbocycles. The van der Waals surface area contributed by atoms with E-state index in [9.17, 15) is 18.0 Å². The molecule has 0 atom stereocenters. The van der Waals surface area contributed by atoms with Crippen LogP contribution in [0.25, 0.3) is 10.9 Å². The van der Waals surface area contributed by atoms with Gasteiger partial charge in [-0.25, -0.2) is 4.98 Å². The highest BCUT2D eigenvalue weighted by molar-refractivity contribution is 6.01. The molecule has 6 nitrogen and oxygen atoms in total. The number of nitrogens with zero attached hydrogens (tertiary/aromatic N) is 2. The van der Waals surface area contributed by atoms with Crippen LogP contribution < -0.4 is 14.8 Å². The lowest BCUT2D eigenvalue weighted by molar-refractivity contribution is -0.137. The average molecular weight is 459 g/mol. The van der Waals surface area contributed by atoms with E-state index < -0.39 is 11.7 Å². The molecule has 9 heteroatoms. The van der Waals surface area contributed by atoms with E-state index in [0.717, 1.165) is 31.4 Å². The van der Waals surface area contributed by atoms with Crippen molar-refractivity contribution in [3.63, 3.8) is 0 Å². The Morgan fingerprint density at radius 1 is 1.00 bits per heavy atom. The van der Waals surface area contributed by atoms with Gasteiger partial charge < -0.3 is 19.7 Å².